The quantitative estimate of drug-likeness (QED) is 0.764. The van der Waals surface area contributed by atoms with Crippen LogP contribution in [0.15, 0.2) is 30.9 Å². The van der Waals surface area contributed by atoms with E-state index in [1.807, 2.05) is 31.6 Å². The van der Waals surface area contributed by atoms with Crippen molar-refractivity contribution >= 4 is 11.5 Å². The highest BCUT2D eigenvalue weighted by Crippen LogP contribution is 2.11. The van der Waals surface area contributed by atoms with E-state index in [2.05, 4.69) is 19.9 Å². The maximum atomic E-state index is 5.72. The molecule has 0 fully saturated rings. The molecule has 0 aliphatic heterocycles. The second-order valence-corrected chi connectivity index (χ2v) is 4.31. The van der Waals surface area contributed by atoms with Gasteiger partial charge in [0.1, 0.15) is 5.82 Å². The van der Waals surface area contributed by atoms with E-state index < -0.39 is 0 Å². The molecule has 0 radical (unpaired) electrons. The number of hydrogen-bond acceptors (Lipinski definition) is 4. The van der Waals surface area contributed by atoms with Crippen LogP contribution in [0.2, 0.25) is 0 Å². The van der Waals surface area contributed by atoms with Gasteiger partial charge in [-0.2, -0.15) is 0 Å². The van der Waals surface area contributed by atoms with Crippen molar-refractivity contribution in [3.63, 3.8) is 0 Å². The van der Waals surface area contributed by atoms with Gasteiger partial charge in [-0.25, -0.2) is 9.97 Å². The Balaban J connectivity index is 1.67. The number of rotatable bonds is 6. The molecular formula is C13H19N5. The van der Waals surface area contributed by atoms with Gasteiger partial charge < -0.3 is 15.6 Å². The molecule has 5 heteroatoms. The molecule has 0 amide bonds. The Bertz CT molecular complexity index is 478. The summed E-state index contributed by atoms with van der Waals surface area (Å²) >= 11 is 0. The fourth-order valence-corrected chi connectivity index (χ4v) is 1.73. The molecule has 0 spiro atoms. The number of imidazole rings is 1. The van der Waals surface area contributed by atoms with E-state index in [1.165, 1.54) is 0 Å². The van der Waals surface area contributed by atoms with Crippen LogP contribution in [0.4, 0.5) is 11.5 Å². The number of aromatic nitrogens is 3. The van der Waals surface area contributed by atoms with Crippen molar-refractivity contribution in [2.75, 3.05) is 17.6 Å². The first-order chi connectivity index (χ1) is 8.75. The minimum absolute atomic E-state index is 0.737. The van der Waals surface area contributed by atoms with Crippen LogP contribution in [0.25, 0.3) is 0 Å². The summed E-state index contributed by atoms with van der Waals surface area (Å²) in [5, 5.41) is 3.30. The van der Waals surface area contributed by atoms with E-state index in [0.717, 1.165) is 43.1 Å². The van der Waals surface area contributed by atoms with Crippen LogP contribution in [0.3, 0.4) is 0 Å². The second-order valence-electron chi connectivity index (χ2n) is 4.31. The molecule has 0 unspecified atom stereocenters. The Labute approximate surface area is 107 Å². The summed E-state index contributed by atoms with van der Waals surface area (Å²) in [6.45, 7) is 3.85. The molecule has 3 N–H and O–H groups in total. The molecule has 0 aliphatic rings. The third-order valence-electron chi connectivity index (χ3n) is 2.84. The van der Waals surface area contributed by atoms with Crippen molar-refractivity contribution in [1.29, 1.82) is 0 Å². The minimum atomic E-state index is 0.737. The molecule has 5 nitrogen and oxygen atoms in total. The van der Waals surface area contributed by atoms with Crippen LogP contribution < -0.4 is 11.1 Å². The summed E-state index contributed by atoms with van der Waals surface area (Å²) < 4.78 is 2.09. The van der Waals surface area contributed by atoms with Gasteiger partial charge >= 0.3 is 0 Å². The summed E-state index contributed by atoms with van der Waals surface area (Å²) in [6, 6.07) is 3.80. The number of nitrogens with one attached hydrogen (secondary N) is 1. The molecule has 18 heavy (non-hydrogen) atoms. The number of hydrogen-bond donors (Lipinski definition) is 2. The molecule has 0 aromatic carbocycles. The maximum Gasteiger partial charge on any atom is 0.126 e. The molecule has 96 valence electrons. The first kappa shape index (κ1) is 12.4. The summed E-state index contributed by atoms with van der Waals surface area (Å²) in [6.07, 6.45) is 7.86. The van der Waals surface area contributed by atoms with Gasteiger partial charge in [0.2, 0.25) is 0 Å². The Kier molecular flexibility index (Phi) is 4.17. The van der Waals surface area contributed by atoms with Crippen LogP contribution in [0.5, 0.6) is 0 Å². The van der Waals surface area contributed by atoms with E-state index in [-0.39, 0.29) is 0 Å². The average molecular weight is 245 g/mol. The van der Waals surface area contributed by atoms with Crippen LogP contribution in [0, 0.1) is 6.92 Å². The SMILES string of the molecule is Cc1nc(NCCCCn2ccnc2)ccc1N. The second kappa shape index (κ2) is 6.05. The van der Waals surface area contributed by atoms with Gasteiger partial charge in [0, 0.05) is 25.5 Å². The van der Waals surface area contributed by atoms with Crippen LogP contribution >= 0.6 is 0 Å². The van der Waals surface area contributed by atoms with Crippen molar-refractivity contribution in [1.82, 2.24) is 14.5 Å². The lowest BCUT2D eigenvalue weighted by Crippen LogP contribution is -2.06. The van der Waals surface area contributed by atoms with Crippen LogP contribution in [0.1, 0.15) is 18.5 Å². The normalized spacial score (nSPS) is 10.5. The number of unbranched alkanes of at least 4 members (excludes halogenated alkanes) is 1. The molecular weight excluding hydrogens is 226 g/mol. The smallest absolute Gasteiger partial charge is 0.126 e. The third kappa shape index (κ3) is 3.48. The molecule has 0 atom stereocenters. The van der Waals surface area contributed by atoms with Crippen LogP contribution in [-0.4, -0.2) is 21.1 Å². The molecule has 2 rings (SSSR count). The van der Waals surface area contributed by atoms with E-state index in [4.69, 9.17) is 5.73 Å². The van der Waals surface area contributed by atoms with Gasteiger partial charge in [-0.1, -0.05) is 0 Å². The van der Waals surface area contributed by atoms with E-state index in [0.29, 0.717) is 0 Å². The highest BCUT2D eigenvalue weighted by Gasteiger charge is 1.97. The highest BCUT2D eigenvalue weighted by atomic mass is 15.0. The van der Waals surface area contributed by atoms with Crippen molar-refractivity contribution < 1.29 is 0 Å². The zero-order chi connectivity index (χ0) is 12.8. The van der Waals surface area contributed by atoms with Gasteiger partial charge in [-0.05, 0) is 31.9 Å². The number of anilines is 2. The molecule has 0 bridgehead atoms. The first-order valence-corrected chi connectivity index (χ1v) is 6.18. The topological polar surface area (TPSA) is 68.8 Å². The predicted molar refractivity (Wildman–Crippen MR) is 73.3 cm³/mol. The maximum absolute atomic E-state index is 5.72. The van der Waals surface area contributed by atoms with E-state index >= 15 is 0 Å². The Hall–Kier alpha value is -2.04. The Morgan fingerprint density at radius 2 is 2.22 bits per heavy atom. The predicted octanol–water partition coefficient (Wildman–Crippen LogP) is 2.06. The minimum Gasteiger partial charge on any atom is -0.397 e. The highest BCUT2D eigenvalue weighted by molar-refractivity contribution is 5.48. The van der Waals surface area contributed by atoms with Gasteiger partial charge in [-0.15, -0.1) is 0 Å². The molecule has 0 saturated carbocycles. The molecule has 2 aromatic rings. The average Bonchev–Trinajstić information content (AvgIpc) is 2.86. The fourth-order valence-electron chi connectivity index (χ4n) is 1.73. The monoisotopic (exact) mass is 245 g/mol. The van der Waals surface area contributed by atoms with E-state index in [1.54, 1.807) is 6.20 Å². The Morgan fingerprint density at radius 1 is 1.33 bits per heavy atom. The molecule has 2 heterocycles. The molecule has 2 aromatic heterocycles. The fraction of sp³-hybridized carbons (Fsp3) is 0.385. The van der Waals surface area contributed by atoms with Gasteiger partial charge in [0.15, 0.2) is 0 Å². The van der Waals surface area contributed by atoms with Crippen molar-refractivity contribution in [2.45, 2.75) is 26.3 Å². The number of nitrogens with zero attached hydrogens (tertiary/aromatic N) is 3. The van der Waals surface area contributed by atoms with Gasteiger partial charge in [0.05, 0.1) is 17.7 Å². The lowest BCUT2D eigenvalue weighted by molar-refractivity contribution is 0.620. The van der Waals surface area contributed by atoms with Crippen molar-refractivity contribution in [3.8, 4) is 0 Å². The van der Waals surface area contributed by atoms with Crippen molar-refractivity contribution in [3.05, 3.63) is 36.5 Å². The van der Waals surface area contributed by atoms with Gasteiger partial charge in [-0.3, -0.25) is 0 Å². The summed E-state index contributed by atoms with van der Waals surface area (Å²) in [5.41, 5.74) is 7.33. The standard InChI is InChI=1S/C13H19N5/c1-11-12(14)4-5-13(17-11)16-6-2-3-8-18-9-7-15-10-18/h4-5,7,9-10H,2-3,6,8,14H2,1H3,(H,16,17). The van der Waals surface area contributed by atoms with Gasteiger partial charge in [0.25, 0.3) is 0 Å². The molecule has 0 saturated heterocycles. The summed E-state index contributed by atoms with van der Waals surface area (Å²) in [4.78, 5) is 8.38. The number of nitrogens with two attached hydrogens (primary N) is 1. The number of nitrogen functional groups attached to an aromatic ring is 1. The summed E-state index contributed by atoms with van der Waals surface area (Å²) in [5.74, 6) is 0.893. The number of pyridine rings is 1. The molecule has 0 aliphatic carbocycles. The largest absolute Gasteiger partial charge is 0.397 e. The lowest BCUT2D eigenvalue weighted by atomic mass is 10.3. The lowest BCUT2D eigenvalue weighted by Gasteiger charge is -2.07. The zero-order valence-corrected chi connectivity index (χ0v) is 10.6. The van der Waals surface area contributed by atoms with Crippen LogP contribution in [-0.2, 0) is 6.54 Å². The third-order valence-corrected chi connectivity index (χ3v) is 2.84. The van der Waals surface area contributed by atoms with Crippen molar-refractivity contribution in [2.24, 2.45) is 0 Å². The number of aryl methyl sites for hydroxylation is 2. The first-order valence-electron chi connectivity index (χ1n) is 6.18. The van der Waals surface area contributed by atoms with E-state index in [9.17, 15) is 0 Å². The summed E-state index contributed by atoms with van der Waals surface area (Å²) in [7, 11) is 0. The Morgan fingerprint density at radius 3 is 2.94 bits per heavy atom. The zero-order valence-electron chi connectivity index (χ0n) is 10.6.